The number of morpholine rings is 1. The molecule has 8 heteroatoms. The molecule has 2 aromatic rings. The van der Waals surface area contributed by atoms with Crippen molar-refractivity contribution in [1.82, 2.24) is 14.1 Å². The number of nitrogens with zero attached hydrogens (tertiary/aromatic N) is 3. The van der Waals surface area contributed by atoms with Gasteiger partial charge in [0.1, 0.15) is 0 Å². The molecule has 0 aliphatic carbocycles. The number of carbonyl (C=O) groups excluding carboxylic acids is 1. The molecule has 7 nitrogen and oxygen atoms in total. The van der Waals surface area contributed by atoms with E-state index in [9.17, 15) is 13.2 Å². The first-order chi connectivity index (χ1) is 16.1. The molecule has 184 valence electrons. The monoisotopic (exact) mass is 485 g/mol. The van der Waals surface area contributed by atoms with Crippen molar-refractivity contribution in [3.63, 3.8) is 0 Å². The van der Waals surface area contributed by atoms with Crippen LogP contribution in [0.2, 0.25) is 0 Å². The third-order valence-corrected chi connectivity index (χ3v) is 8.64. The smallest absolute Gasteiger partial charge is 0.253 e. The second-order valence-electron chi connectivity index (χ2n) is 9.59. The molecule has 0 bridgehead atoms. The molecule has 1 amide bonds. The second-order valence-corrected chi connectivity index (χ2v) is 11.5. The molecule has 0 N–H and O–H groups in total. The third-order valence-electron chi connectivity index (χ3n) is 6.74. The van der Waals surface area contributed by atoms with Gasteiger partial charge in [0.25, 0.3) is 5.91 Å². The van der Waals surface area contributed by atoms with E-state index in [1.807, 2.05) is 44.2 Å². The molecular weight excluding hydrogens is 450 g/mol. The topological polar surface area (TPSA) is 70.2 Å². The fraction of sp³-hybridized carbons (Fsp3) is 0.500. The van der Waals surface area contributed by atoms with Crippen LogP contribution in [0.4, 0.5) is 0 Å². The Bertz CT molecular complexity index is 1120. The first-order valence-electron chi connectivity index (χ1n) is 12.0. The van der Waals surface area contributed by atoms with E-state index in [1.165, 1.54) is 9.87 Å². The first-order valence-corrected chi connectivity index (χ1v) is 13.4. The summed E-state index contributed by atoms with van der Waals surface area (Å²) in [5, 5.41) is 0. The lowest BCUT2D eigenvalue weighted by Gasteiger charge is -2.35. The molecule has 0 aromatic heterocycles. The molecule has 0 spiro atoms. The number of aryl methyl sites for hydroxylation is 2. The molecule has 2 heterocycles. The maximum Gasteiger partial charge on any atom is 0.253 e. The summed E-state index contributed by atoms with van der Waals surface area (Å²) in [4.78, 5) is 17.5. The number of hydrogen-bond donors (Lipinski definition) is 0. The van der Waals surface area contributed by atoms with E-state index < -0.39 is 10.0 Å². The lowest BCUT2D eigenvalue weighted by molar-refractivity contribution is -0.0704. The van der Waals surface area contributed by atoms with Gasteiger partial charge in [0.15, 0.2) is 0 Å². The van der Waals surface area contributed by atoms with Gasteiger partial charge in [-0.1, -0.05) is 18.2 Å². The number of hydrogen-bond acceptors (Lipinski definition) is 5. The van der Waals surface area contributed by atoms with Gasteiger partial charge in [-0.3, -0.25) is 9.69 Å². The number of sulfonamides is 1. The van der Waals surface area contributed by atoms with Crippen LogP contribution in [0.3, 0.4) is 0 Å². The normalized spacial score (nSPS) is 22.6. The quantitative estimate of drug-likeness (QED) is 0.651. The second kappa shape index (κ2) is 10.2. The minimum atomic E-state index is -3.56. The van der Waals surface area contributed by atoms with E-state index in [-0.39, 0.29) is 18.1 Å². The third kappa shape index (κ3) is 5.51. The van der Waals surface area contributed by atoms with Crippen molar-refractivity contribution in [1.29, 1.82) is 0 Å². The SMILES string of the molecule is Cc1ccc(S(=O)(=O)N2CCN(C(=O)c3ccc(CN4CC(C)OC(C)C4)cc3)CC2)cc1C. The predicted octanol–water partition coefficient (Wildman–Crippen LogP) is 3.06. The van der Waals surface area contributed by atoms with Crippen LogP contribution in [-0.4, -0.2) is 79.9 Å². The predicted molar refractivity (Wildman–Crippen MR) is 132 cm³/mol. The molecule has 2 aromatic carbocycles. The van der Waals surface area contributed by atoms with Gasteiger partial charge in [-0.25, -0.2) is 8.42 Å². The van der Waals surface area contributed by atoms with Crippen LogP contribution < -0.4 is 0 Å². The summed E-state index contributed by atoms with van der Waals surface area (Å²) in [6.45, 7) is 12.1. The largest absolute Gasteiger partial charge is 0.373 e. The van der Waals surface area contributed by atoms with Crippen LogP contribution in [-0.2, 0) is 21.3 Å². The van der Waals surface area contributed by atoms with Crippen LogP contribution in [0.1, 0.15) is 40.9 Å². The zero-order valence-electron chi connectivity index (χ0n) is 20.5. The number of ether oxygens (including phenoxy) is 1. The van der Waals surface area contributed by atoms with E-state index in [2.05, 4.69) is 18.7 Å². The molecule has 2 saturated heterocycles. The summed E-state index contributed by atoms with van der Waals surface area (Å²) >= 11 is 0. The zero-order chi connectivity index (χ0) is 24.5. The summed E-state index contributed by atoms with van der Waals surface area (Å²) < 4.78 is 33.4. The number of piperazine rings is 1. The van der Waals surface area contributed by atoms with Crippen LogP contribution in [0.5, 0.6) is 0 Å². The van der Waals surface area contributed by atoms with Crippen molar-refractivity contribution >= 4 is 15.9 Å². The van der Waals surface area contributed by atoms with Crippen molar-refractivity contribution in [2.75, 3.05) is 39.3 Å². The number of rotatable bonds is 5. The Kier molecular flexibility index (Phi) is 7.42. The zero-order valence-corrected chi connectivity index (χ0v) is 21.3. The van der Waals surface area contributed by atoms with E-state index in [0.29, 0.717) is 36.6 Å². The fourth-order valence-electron chi connectivity index (χ4n) is 4.76. The molecule has 0 radical (unpaired) electrons. The molecule has 2 aliphatic heterocycles. The van der Waals surface area contributed by atoms with E-state index in [0.717, 1.165) is 30.8 Å². The molecule has 4 rings (SSSR count). The molecule has 34 heavy (non-hydrogen) atoms. The molecule has 2 aliphatic rings. The highest BCUT2D eigenvalue weighted by atomic mass is 32.2. The lowest BCUT2D eigenvalue weighted by atomic mass is 10.1. The summed E-state index contributed by atoms with van der Waals surface area (Å²) in [7, 11) is -3.56. The Morgan fingerprint density at radius 2 is 1.53 bits per heavy atom. The first kappa shape index (κ1) is 24.9. The Morgan fingerprint density at radius 3 is 2.12 bits per heavy atom. The van der Waals surface area contributed by atoms with Crippen LogP contribution >= 0.6 is 0 Å². The Hall–Kier alpha value is -2.26. The van der Waals surface area contributed by atoms with Crippen molar-refractivity contribution in [3.05, 3.63) is 64.7 Å². The average molecular weight is 486 g/mol. The Balaban J connectivity index is 1.34. The maximum atomic E-state index is 13.0. The Morgan fingerprint density at radius 1 is 0.912 bits per heavy atom. The number of amides is 1. The van der Waals surface area contributed by atoms with Crippen molar-refractivity contribution < 1.29 is 17.9 Å². The van der Waals surface area contributed by atoms with Crippen LogP contribution in [0.15, 0.2) is 47.4 Å². The highest BCUT2D eigenvalue weighted by molar-refractivity contribution is 7.89. The van der Waals surface area contributed by atoms with Crippen molar-refractivity contribution in [3.8, 4) is 0 Å². The van der Waals surface area contributed by atoms with Gasteiger partial charge >= 0.3 is 0 Å². The van der Waals surface area contributed by atoms with Crippen LogP contribution in [0, 0.1) is 13.8 Å². The average Bonchev–Trinajstić information content (AvgIpc) is 2.80. The molecule has 2 unspecified atom stereocenters. The summed E-state index contributed by atoms with van der Waals surface area (Å²) in [5.41, 5.74) is 3.82. The van der Waals surface area contributed by atoms with E-state index in [4.69, 9.17) is 4.74 Å². The lowest BCUT2D eigenvalue weighted by Crippen LogP contribution is -2.50. The maximum absolute atomic E-state index is 13.0. The molecule has 0 saturated carbocycles. The minimum absolute atomic E-state index is 0.0524. The number of benzene rings is 2. The van der Waals surface area contributed by atoms with Gasteiger partial charge in [0.05, 0.1) is 17.1 Å². The molecular formula is C26H35N3O4S. The van der Waals surface area contributed by atoms with Gasteiger partial charge in [0, 0.05) is 51.4 Å². The van der Waals surface area contributed by atoms with Gasteiger partial charge in [-0.05, 0) is 68.7 Å². The summed E-state index contributed by atoms with van der Waals surface area (Å²) in [5.74, 6) is -0.0524. The Labute approximate surface area is 203 Å². The van der Waals surface area contributed by atoms with Crippen molar-refractivity contribution in [2.45, 2.75) is 51.3 Å². The summed E-state index contributed by atoms with van der Waals surface area (Å²) in [6.07, 6.45) is 0.448. The molecule has 2 atom stereocenters. The standard InChI is InChI=1S/C26H35N3O4S/c1-19-5-10-25(15-20(19)2)34(31,32)29-13-11-28(12-14-29)26(30)24-8-6-23(7-9-24)18-27-16-21(3)33-22(4)17-27/h5-10,15,21-22H,11-14,16-18H2,1-4H3. The minimum Gasteiger partial charge on any atom is -0.373 e. The highest BCUT2D eigenvalue weighted by Gasteiger charge is 2.30. The number of carbonyl (C=O) groups is 1. The highest BCUT2D eigenvalue weighted by Crippen LogP contribution is 2.21. The molecule has 2 fully saturated rings. The van der Waals surface area contributed by atoms with Crippen LogP contribution in [0.25, 0.3) is 0 Å². The van der Waals surface area contributed by atoms with Crippen molar-refractivity contribution in [2.24, 2.45) is 0 Å². The summed E-state index contributed by atoms with van der Waals surface area (Å²) in [6, 6.07) is 13.0. The van der Waals surface area contributed by atoms with Gasteiger partial charge < -0.3 is 9.64 Å². The van der Waals surface area contributed by atoms with Gasteiger partial charge in [-0.2, -0.15) is 4.31 Å². The van der Waals surface area contributed by atoms with Gasteiger partial charge in [0.2, 0.25) is 10.0 Å². The van der Waals surface area contributed by atoms with E-state index >= 15 is 0 Å². The fourth-order valence-corrected chi connectivity index (χ4v) is 6.27. The van der Waals surface area contributed by atoms with E-state index in [1.54, 1.807) is 17.0 Å². The van der Waals surface area contributed by atoms with Gasteiger partial charge in [-0.15, -0.1) is 0 Å².